The van der Waals surface area contributed by atoms with Crippen molar-refractivity contribution in [2.45, 2.75) is 18.7 Å². The average molecular weight is 295 g/mol. The summed E-state index contributed by atoms with van der Waals surface area (Å²) in [6.45, 7) is 3.48. The number of hydrogen-bond donors (Lipinski definition) is 2. The molecule has 0 aliphatic carbocycles. The zero-order valence-corrected chi connectivity index (χ0v) is 11.8. The number of rotatable bonds is 3. The molecule has 7 heteroatoms. The first kappa shape index (κ1) is 14.3. The SMILES string of the molecule is Cc1ccc(NS(=O)(=O)c2cccc(F)c2N)c(C)n1. The molecule has 20 heavy (non-hydrogen) atoms. The summed E-state index contributed by atoms with van der Waals surface area (Å²) in [5, 5.41) is 0. The van der Waals surface area contributed by atoms with Crippen LogP contribution in [0.1, 0.15) is 11.4 Å². The maximum atomic E-state index is 13.4. The molecule has 0 saturated heterocycles. The van der Waals surface area contributed by atoms with Crippen LogP contribution in [0.25, 0.3) is 0 Å². The van der Waals surface area contributed by atoms with E-state index in [0.29, 0.717) is 11.4 Å². The van der Waals surface area contributed by atoms with Crippen molar-refractivity contribution in [2.24, 2.45) is 0 Å². The predicted octanol–water partition coefficient (Wildman–Crippen LogP) is 2.22. The molecular formula is C13H14FN3O2S. The van der Waals surface area contributed by atoms with Gasteiger partial charge in [0.15, 0.2) is 0 Å². The highest BCUT2D eigenvalue weighted by molar-refractivity contribution is 7.92. The van der Waals surface area contributed by atoms with Crippen molar-refractivity contribution in [1.82, 2.24) is 4.98 Å². The minimum atomic E-state index is -3.96. The van der Waals surface area contributed by atoms with E-state index in [1.165, 1.54) is 12.1 Å². The fourth-order valence-electron chi connectivity index (χ4n) is 1.75. The number of nitrogens with zero attached hydrogens (tertiary/aromatic N) is 1. The van der Waals surface area contributed by atoms with Gasteiger partial charge in [0.1, 0.15) is 10.7 Å². The smallest absolute Gasteiger partial charge is 0.264 e. The molecule has 0 radical (unpaired) electrons. The van der Waals surface area contributed by atoms with Crippen LogP contribution in [0.3, 0.4) is 0 Å². The summed E-state index contributed by atoms with van der Waals surface area (Å²) >= 11 is 0. The summed E-state index contributed by atoms with van der Waals surface area (Å²) in [4.78, 5) is 3.87. The number of hydrogen-bond acceptors (Lipinski definition) is 4. The molecule has 0 unspecified atom stereocenters. The summed E-state index contributed by atoms with van der Waals surface area (Å²) in [6, 6.07) is 6.93. The Kier molecular flexibility index (Phi) is 3.63. The highest BCUT2D eigenvalue weighted by atomic mass is 32.2. The molecule has 5 nitrogen and oxygen atoms in total. The monoisotopic (exact) mass is 295 g/mol. The lowest BCUT2D eigenvalue weighted by Gasteiger charge is -2.12. The highest BCUT2D eigenvalue weighted by Gasteiger charge is 2.20. The van der Waals surface area contributed by atoms with Gasteiger partial charge in [-0.05, 0) is 38.1 Å². The largest absolute Gasteiger partial charge is 0.395 e. The van der Waals surface area contributed by atoms with E-state index in [9.17, 15) is 12.8 Å². The van der Waals surface area contributed by atoms with Gasteiger partial charge < -0.3 is 5.73 Å². The Morgan fingerprint density at radius 2 is 1.90 bits per heavy atom. The van der Waals surface area contributed by atoms with Crippen LogP contribution in [-0.2, 0) is 10.0 Å². The van der Waals surface area contributed by atoms with Gasteiger partial charge >= 0.3 is 0 Å². The van der Waals surface area contributed by atoms with Crippen molar-refractivity contribution in [1.29, 1.82) is 0 Å². The zero-order valence-electron chi connectivity index (χ0n) is 11.0. The molecule has 0 aliphatic rings. The lowest BCUT2D eigenvalue weighted by Crippen LogP contribution is -2.16. The lowest BCUT2D eigenvalue weighted by molar-refractivity contribution is 0.597. The van der Waals surface area contributed by atoms with E-state index in [1.807, 2.05) is 0 Å². The molecule has 3 N–H and O–H groups in total. The number of halogens is 1. The first-order valence-corrected chi connectivity index (χ1v) is 7.30. The predicted molar refractivity (Wildman–Crippen MR) is 75.3 cm³/mol. The van der Waals surface area contributed by atoms with E-state index in [0.717, 1.165) is 11.8 Å². The number of aryl methyl sites for hydroxylation is 2. The number of sulfonamides is 1. The zero-order chi connectivity index (χ0) is 14.9. The Morgan fingerprint density at radius 1 is 1.20 bits per heavy atom. The Hall–Kier alpha value is -2.15. The number of para-hydroxylation sites is 1. The standard InChI is InChI=1S/C13H14FN3O2S/c1-8-6-7-11(9(2)16-8)17-20(18,19)12-5-3-4-10(14)13(12)15/h3-7,17H,15H2,1-2H3. The summed E-state index contributed by atoms with van der Waals surface area (Å²) < 4.78 is 40.2. The van der Waals surface area contributed by atoms with E-state index in [-0.39, 0.29) is 4.90 Å². The van der Waals surface area contributed by atoms with Crippen molar-refractivity contribution in [3.8, 4) is 0 Å². The maximum Gasteiger partial charge on any atom is 0.264 e. The van der Waals surface area contributed by atoms with Gasteiger partial charge in [0.05, 0.1) is 17.1 Å². The second-order valence-electron chi connectivity index (χ2n) is 4.34. The van der Waals surface area contributed by atoms with Crippen molar-refractivity contribution in [3.63, 3.8) is 0 Å². The summed E-state index contributed by atoms with van der Waals surface area (Å²) in [5.41, 5.74) is 6.71. The molecule has 1 heterocycles. The van der Waals surface area contributed by atoms with E-state index in [2.05, 4.69) is 9.71 Å². The molecular weight excluding hydrogens is 281 g/mol. The fraction of sp³-hybridized carbons (Fsp3) is 0.154. The average Bonchev–Trinajstić information content (AvgIpc) is 2.36. The third kappa shape index (κ3) is 2.72. The number of pyridine rings is 1. The maximum absolute atomic E-state index is 13.4. The minimum absolute atomic E-state index is 0.294. The Bertz CT molecular complexity index is 760. The van der Waals surface area contributed by atoms with Gasteiger partial charge in [0.2, 0.25) is 0 Å². The molecule has 0 spiro atoms. The summed E-state index contributed by atoms with van der Waals surface area (Å²) in [7, 11) is -3.96. The van der Waals surface area contributed by atoms with Crippen molar-refractivity contribution in [2.75, 3.05) is 10.5 Å². The molecule has 2 aromatic rings. The molecule has 0 saturated carbocycles. The fourth-order valence-corrected chi connectivity index (χ4v) is 3.01. The first-order chi connectivity index (χ1) is 9.31. The van der Waals surface area contributed by atoms with Crippen LogP contribution in [0, 0.1) is 19.7 Å². The minimum Gasteiger partial charge on any atom is -0.395 e. The molecule has 106 valence electrons. The molecule has 0 fully saturated rings. The number of aromatic nitrogens is 1. The van der Waals surface area contributed by atoms with Gasteiger partial charge in [0.25, 0.3) is 10.0 Å². The number of anilines is 2. The topological polar surface area (TPSA) is 85.1 Å². The lowest BCUT2D eigenvalue weighted by atomic mass is 10.3. The molecule has 0 atom stereocenters. The van der Waals surface area contributed by atoms with E-state index in [1.54, 1.807) is 26.0 Å². The second-order valence-corrected chi connectivity index (χ2v) is 5.99. The first-order valence-electron chi connectivity index (χ1n) is 5.82. The molecule has 0 aliphatic heterocycles. The highest BCUT2D eigenvalue weighted by Crippen LogP contribution is 2.24. The number of nitrogen functional groups attached to an aromatic ring is 1. The second kappa shape index (κ2) is 5.09. The van der Waals surface area contributed by atoms with Gasteiger partial charge in [-0.25, -0.2) is 12.8 Å². The van der Waals surface area contributed by atoms with Crippen LogP contribution in [0.4, 0.5) is 15.8 Å². The Morgan fingerprint density at radius 3 is 2.55 bits per heavy atom. The van der Waals surface area contributed by atoms with Crippen LogP contribution < -0.4 is 10.5 Å². The molecule has 1 aromatic carbocycles. The van der Waals surface area contributed by atoms with E-state index >= 15 is 0 Å². The van der Waals surface area contributed by atoms with E-state index < -0.39 is 21.5 Å². The quantitative estimate of drug-likeness (QED) is 0.850. The van der Waals surface area contributed by atoms with Gasteiger partial charge in [0, 0.05) is 5.69 Å². The van der Waals surface area contributed by atoms with Crippen LogP contribution in [-0.4, -0.2) is 13.4 Å². The Balaban J connectivity index is 2.44. The number of nitrogens with two attached hydrogens (primary N) is 1. The number of nitrogens with one attached hydrogen (secondary N) is 1. The van der Waals surface area contributed by atoms with Gasteiger partial charge in [-0.15, -0.1) is 0 Å². The molecule has 1 aromatic heterocycles. The van der Waals surface area contributed by atoms with Crippen LogP contribution in [0.5, 0.6) is 0 Å². The third-order valence-corrected chi connectivity index (χ3v) is 4.20. The van der Waals surface area contributed by atoms with Gasteiger partial charge in [-0.2, -0.15) is 0 Å². The normalized spacial score (nSPS) is 11.3. The number of benzene rings is 1. The molecule has 0 amide bonds. The van der Waals surface area contributed by atoms with E-state index in [4.69, 9.17) is 5.73 Å². The molecule has 2 rings (SSSR count). The van der Waals surface area contributed by atoms with Gasteiger partial charge in [-0.3, -0.25) is 9.71 Å². The van der Waals surface area contributed by atoms with Crippen molar-refractivity contribution in [3.05, 3.63) is 47.5 Å². The Labute approximate surface area is 116 Å². The van der Waals surface area contributed by atoms with Crippen LogP contribution in [0.15, 0.2) is 35.2 Å². The summed E-state index contributed by atoms with van der Waals surface area (Å²) in [5.74, 6) is -0.772. The molecule has 0 bridgehead atoms. The van der Waals surface area contributed by atoms with Crippen LogP contribution in [0.2, 0.25) is 0 Å². The van der Waals surface area contributed by atoms with Crippen molar-refractivity contribution >= 4 is 21.4 Å². The summed E-state index contributed by atoms with van der Waals surface area (Å²) in [6.07, 6.45) is 0. The third-order valence-electron chi connectivity index (χ3n) is 2.77. The van der Waals surface area contributed by atoms with Gasteiger partial charge in [-0.1, -0.05) is 6.07 Å². The van der Waals surface area contributed by atoms with Crippen molar-refractivity contribution < 1.29 is 12.8 Å². The van der Waals surface area contributed by atoms with Crippen LogP contribution >= 0.6 is 0 Å².